The van der Waals surface area contributed by atoms with E-state index in [1.807, 2.05) is 42.5 Å². The first-order chi connectivity index (χ1) is 20.6. The van der Waals surface area contributed by atoms with E-state index in [0.717, 1.165) is 43.1 Å². The van der Waals surface area contributed by atoms with Crippen molar-refractivity contribution in [3.05, 3.63) is 100 Å². The largest absolute Gasteiger partial charge is 0.352 e. The van der Waals surface area contributed by atoms with E-state index in [0.29, 0.717) is 22.2 Å². The number of anilines is 1. The normalized spacial score (nSPS) is 14.6. The molecule has 7 nitrogen and oxygen atoms in total. The average Bonchev–Trinajstić information content (AvgIpc) is 2.98. The molecule has 0 unspecified atom stereocenters. The summed E-state index contributed by atoms with van der Waals surface area (Å²) in [6.07, 6.45) is 6.99. The van der Waals surface area contributed by atoms with Gasteiger partial charge in [0.05, 0.1) is 11.9 Å². The molecule has 0 radical (unpaired) electrons. The van der Waals surface area contributed by atoms with Gasteiger partial charge in [-0.05, 0) is 60.7 Å². The predicted molar refractivity (Wildman–Crippen MR) is 174 cm³/mol. The van der Waals surface area contributed by atoms with Gasteiger partial charge in [-0.25, -0.2) is 8.42 Å². The van der Waals surface area contributed by atoms with Gasteiger partial charge in [-0.2, -0.15) is 0 Å². The number of carbonyl (C=O) groups is 2. The lowest BCUT2D eigenvalue weighted by Gasteiger charge is -2.34. The molecule has 0 saturated heterocycles. The first-order valence-electron chi connectivity index (χ1n) is 14.7. The molecule has 0 aliphatic heterocycles. The Morgan fingerprint density at radius 1 is 0.884 bits per heavy atom. The molecular weight excluding hydrogens is 605 g/mol. The molecule has 0 bridgehead atoms. The van der Waals surface area contributed by atoms with Crippen LogP contribution in [0, 0.1) is 0 Å². The molecule has 1 aliphatic carbocycles. The minimum Gasteiger partial charge on any atom is -0.352 e. The summed E-state index contributed by atoms with van der Waals surface area (Å²) in [6, 6.07) is 22.9. The van der Waals surface area contributed by atoms with Crippen LogP contribution < -0.4 is 9.62 Å². The van der Waals surface area contributed by atoms with Crippen LogP contribution in [0.2, 0.25) is 10.0 Å². The second-order valence-electron chi connectivity index (χ2n) is 11.1. The Morgan fingerprint density at radius 2 is 1.58 bits per heavy atom. The number of nitrogens with zero attached hydrogens (tertiary/aromatic N) is 2. The number of hydrogen-bond donors (Lipinski definition) is 1. The summed E-state index contributed by atoms with van der Waals surface area (Å²) in [6.45, 7) is 0.312. The van der Waals surface area contributed by atoms with Crippen LogP contribution in [-0.4, -0.2) is 50.0 Å². The number of nitrogens with one attached hydrogen (secondary N) is 1. The number of hydrogen-bond acceptors (Lipinski definition) is 4. The number of benzene rings is 3. The monoisotopic (exact) mass is 643 g/mol. The van der Waals surface area contributed by atoms with E-state index in [1.54, 1.807) is 41.3 Å². The Labute approximate surface area is 265 Å². The van der Waals surface area contributed by atoms with Gasteiger partial charge in [0.15, 0.2) is 0 Å². The van der Waals surface area contributed by atoms with Crippen LogP contribution in [0.5, 0.6) is 0 Å². The third-order valence-electron chi connectivity index (χ3n) is 7.74. The van der Waals surface area contributed by atoms with Crippen LogP contribution in [0.3, 0.4) is 0 Å². The number of sulfonamides is 1. The second kappa shape index (κ2) is 15.6. The van der Waals surface area contributed by atoms with Crippen molar-refractivity contribution in [1.82, 2.24) is 10.2 Å². The Kier molecular flexibility index (Phi) is 11.9. The van der Waals surface area contributed by atoms with Gasteiger partial charge in [-0.1, -0.05) is 91.0 Å². The number of rotatable bonds is 13. The zero-order valence-electron chi connectivity index (χ0n) is 24.4. The van der Waals surface area contributed by atoms with Gasteiger partial charge in [-0.15, -0.1) is 0 Å². The van der Waals surface area contributed by atoms with Crippen molar-refractivity contribution in [2.24, 2.45) is 0 Å². The molecule has 43 heavy (non-hydrogen) atoms. The molecule has 1 aliphatic rings. The molecule has 1 fully saturated rings. The molecule has 3 aromatic carbocycles. The molecule has 1 saturated carbocycles. The highest BCUT2D eigenvalue weighted by molar-refractivity contribution is 7.92. The van der Waals surface area contributed by atoms with Crippen molar-refractivity contribution in [2.75, 3.05) is 17.1 Å². The van der Waals surface area contributed by atoms with Crippen LogP contribution >= 0.6 is 23.2 Å². The maximum Gasteiger partial charge on any atom is 0.243 e. The van der Waals surface area contributed by atoms with Crippen LogP contribution in [0.1, 0.15) is 56.1 Å². The van der Waals surface area contributed by atoms with E-state index in [2.05, 4.69) is 5.32 Å². The lowest BCUT2D eigenvalue weighted by Crippen LogP contribution is -2.52. The molecule has 10 heteroatoms. The standard InChI is InChI=1S/C33H39Cl2N3O4S/c1-43(41,42)38(30-15-8-12-28(35)23-30)21-9-16-32(39)37(24-26-17-19-27(34)20-18-26)31(22-25-10-4-2-5-11-25)33(40)36-29-13-6-3-7-14-29/h2,4-5,8,10-12,15,17-20,23,29,31H,3,6-7,9,13-14,16,21-22,24H2,1H3,(H,36,40)/t31-/m0/s1. The second-order valence-corrected chi connectivity index (χ2v) is 13.9. The Balaban J connectivity index is 1.58. The summed E-state index contributed by atoms with van der Waals surface area (Å²) in [7, 11) is -3.62. The predicted octanol–water partition coefficient (Wildman–Crippen LogP) is 6.63. The van der Waals surface area contributed by atoms with Crippen molar-refractivity contribution in [1.29, 1.82) is 0 Å². The lowest BCUT2D eigenvalue weighted by atomic mass is 9.94. The summed E-state index contributed by atoms with van der Waals surface area (Å²) in [4.78, 5) is 29.5. The van der Waals surface area contributed by atoms with Crippen LogP contribution in [0.25, 0.3) is 0 Å². The maximum atomic E-state index is 14.0. The van der Waals surface area contributed by atoms with Crippen LogP contribution in [0.4, 0.5) is 5.69 Å². The van der Waals surface area contributed by atoms with Gasteiger partial charge in [0.25, 0.3) is 0 Å². The molecule has 0 heterocycles. The van der Waals surface area contributed by atoms with Crippen molar-refractivity contribution in [3.8, 4) is 0 Å². The fraction of sp³-hybridized carbons (Fsp3) is 0.394. The molecule has 1 N–H and O–H groups in total. The van der Waals surface area contributed by atoms with Crippen molar-refractivity contribution < 1.29 is 18.0 Å². The van der Waals surface area contributed by atoms with Gasteiger partial charge in [0, 0.05) is 42.0 Å². The molecular formula is C33H39Cl2N3O4S. The number of halogens is 2. The summed E-state index contributed by atoms with van der Waals surface area (Å²) in [5.74, 6) is -0.399. The van der Waals surface area contributed by atoms with Gasteiger partial charge < -0.3 is 10.2 Å². The fourth-order valence-electron chi connectivity index (χ4n) is 5.52. The van der Waals surface area contributed by atoms with Gasteiger partial charge in [-0.3, -0.25) is 13.9 Å². The van der Waals surface area contributed by atoms with E-state index >= 15 is 0 Å². The molecule has 0 spiro atoms. The summed E-state index contributed by atoms with van der Waals surface area (Å²) in [5.41, 5.74) is 2.23. The molecule has 3 aromatic rings. The maximum absolute atomic E-state index is 14.0. The number of amides is 2. The van der Waals surface area contributed by atoms with Crippen molar-refractivity contribution in [3.63, 3.8) is 0 Å². The smallest absolute Gasteiger partial charge is 0.243 e. The van der Waals surface area contributed by atoms with E-state index in [4.69, 9.17) is 23.2 Å². The first-order valence-corrected chi connectivity index (χ1v) is 17.3. The zero-order chi connectivity index (χ0) is 30.8. The summed E-state index contributed by atoms with van der Waals surface area (Å²) >= 11 is 12.3. The Morgan fingerprint density at radius 3 is 2.23 bits per heavy atom. The SMILES string of the molecule is CS(=O)(=O)N(CCCC(=O)N(Cc1ccc(Cl)cc1)[C@@H](Cc1ccccc1)C(=O)NC1CCCCC1)c1cccc(Cl)c1. The highest BCUT2D eigenvalue weighted by Crippen LogP contribution is 2.24. The minimum atomic E-state index is -3.62. The van der Waals surface area contributed by atoms with Crippen LogP contribution in [-0.2, 0) is 32.6 Å². The van der Waals surface area contributed by atoms with E-state index in [9.17, 15) is 18.0 Å². The van der Waals surface area contributed by atoms with Gasteiger partial charge in [0.1, 0.15) is 6.04 Å². The van der Waals surface area contributed by atoms with Gasteiger partial charge >= 0.3 is 0 Å². The molecule has 2 amide bonds. The Bertz CT molecular complexity index is 1460. The fourth-order valence-corrected chi connectivity index (χ4v) is 6.79. The summed E-state index contributed by atoms with van der Waals surface area (Å²) < 4.78 is 26.5. The summed E-state index contributed by atoms with van der Waals surface area (Å²) in [5, 5.41) is 4.24. The Hall–Kier alpha value is -3.07. The highest BCUT2D eigenvalue weighted by Gasteiger charge is 2.32. The third-order valence-corrected chi connectivity index (χ3v) is 9.42. The van der Waals surface area contributed by atoms with E-state index in [1.165, 1.54) is 10.7 Å². The molecule has 4 rings (SSSR count). The van der Waals surface area contributed by atoms with Crippen molar-refractivity contribution in [2.45, 2.75) is 70.0 Å². The quantitative estimate of drug-likeness (QED) is 0.227. The first kappa shape index (κ1) is 32.8. The molecule has 0 aromatic heterocycles. The minimum absolute atomic E-state index is 0.0577. The number of carbonyl (C=O) groups excluding carboxylic acids is 2. The topological polar surface area (TPSA) is 86.8 Å². The zero-order valence-corrected chi connectivity index (χ0v) is 26.8. The van der Waals surface area contributed by atoms with E-state index in [-0.39, 0.29) is 43.8 Å². The lowest BCUT2D eigenvalue weighted by molar-refractivity contribution is -0.141. The average molecular weight is 645 g/mol. The van der Waals surface area contributed by atoms with Gasteiger partial charge in [0.2, 0.25) is 21.8 Å². The molecule has 230 valence electrons. The molecule has 1 atom stereocenters. The highest BCUT2D eigenvalue weighted by atomic mass is 35.5. The third kappa shape index (κ3) is 9.98. The van der Waals surface area contributed by atoms with Crippen molar-refractivity contribution >= 4 is 50.7 Å². The van der Waals surface area contributed by atoms with E-state index < -0.39 is 16.1 Å². The van der Waals surface area contributed by atoms with Crippen LogP contribution in [0.15, 0.2) is 78.9 Å².